The second-order valence-corrected chi connectivity index (χ2v) is 4.77. The van der Waals surface area contributed by atoms with Gasteiger partial charge in [-0.2, -0.15) is 0 Å². The molecular formula is C12H15N5S. The molecule has 5 nitrogen and oxygen atoms in total. The number of thiazole rings is 1. The molecule has 1 aromatic heterocycles. The molecule has 0 aliphatic heterocycles. The van der Waals surface area contributed by atoms with Gasteiger partial charge in [0.15, 0.2) is 11.1 Å². The van der Waals surface area contributed by atoms with E-state index in [1.807, 2.05) is 29.6 Å². The summed E-state index contributed by atoms with van der Waals surface area (Å²) >= 11 is 1.47. The van der Waals surface area contributed by atoms with Crippen LogP contribution in [0.5, 0.6) is 0 Å². The van der Waals surface area contributed by atoms with Crippen LogP contribution < -0.4 is 17.2 Å². The number of aryl methyl sites for hydroxylation is 2. The standard InChI is InChI=1S/C12H15N5S/c13-11(14)16-9-4-1-8(2-5-9)3-6-10-7-18-12(15)17-10/h1-2,4-5,7H,3,6H2,(H2,15,17)(H4,13,14,16). The zero-order chi connectivity index (χ0) is 13.0. The van der Waals surface area contributed by atoms with E-state index < -0.39 is 0 Å². The van der Waals surface area contributed by atoms with Crippen LogP contribution in [0.3, 0.4) is 0 Å². The highest BCUT2D eigenvalue weighted by Gasteiger charge is 2.00. The number of nitrogens with zero attached hydrogens (tertiary/aromatic N) is 2. The summed E-state index contributed by atoms with van der Waals surface area (Å²) in [5.41, 5.74) is 19.2. The lowest BCUT2D eigenvalue weighted by Crippen LogP contribution is -2.21. The number of nitrogens with two attached hydrogens (primary N) is 3. The summed E-state index contributed by atoms with van der Waals surface area (Å²) in [6.45, 7) is 0. The summed E-state index contributed by atoms with van der Waals surface area (Å²) in [6, 6.07) is 7.81. The minimum absolute atomic E-state index is 0.0701. The summed E-state index contributed by atoms with van der Waals surface area (Å²) in [4.78, 5) is 8.19. The second-order valence-electron chi connectivity index (χ2n) is 3.88. The number of hydrogen-bond donors (Lipinski definition) is 3. The molecule has 0 saturated carbocycles. The molecule has 0 unspecified atom stereocenters. The summed E-state index contributed by atoms with van der Waals surface area (Å²) in [6.07, 6.45) is 1.81. The van der Waals surface area contributed by atoms with E-state index in [1.165, 1.54) is 16.9 Å². The Hall–Kier alpha value is -2.08. The van der Waals surface area contributed by atoms with Crippen molar-refractivity contribution in [3.05, 3.63) is 40.9 Å². The lowest BCUT2D eigenvalue weighted by molar-refractivity contribution is 0.927. The van der Waals surface area contributed by atoms with E-state index in [4.69, 9.17) is 17.2 Å². The fraction of sp³-hybridized carbons (Fsp3) is 0.167. The first kappa shape index (κ1) is 12.4. The number of anilines is 1. The first-order valence-corrected chi connectivity index (χ1v) is 6.40. The molecule has 2 aromatic rings. The van der Waals surface area contributed by atoms with Crippen molar-refractivity contribution < 1.29 is 0 Å². The van der Waals surface area contributed by atoms with Crippen LogP contribution in [-0.4, -0.2) is 10.9 Å². The average Bonchev–Trinajstić information content (AvgIpc) is 2.74. The Balaban J connectivity index is 1.96. The second kappa shape index (κ2) is 5.50. The van der Waals surface area contributed by atoms with Gasteiger partial charge in [0.05, 0.1) is 11.4 Å². The van der Waals surface area contributed by atoms with Crippen molar-refractivity contribution in [2.24, 2.45) is 16.5 Å². The molecule has 0 spiro atoms. The van der Waals surface area contributed by atoms with Crippen LogP contribution in [0, 0.1) is 0 Å². The highest BCUT2D eigenvalue weighted by molar-refractivity contribution is 7.13. The molecule has 0 radical (unpaired) electrons. The Bertz CT molecular complexity index is 540. The predicted molar refractivity (Wildman–Crippen MR) is 75.8 cm³/mol. The number of aromatic nitrogens is 1. The van der Waals surface area contributed by atoms with Crippen molar-refractivity contribution in [2.45, 2.75) is 12.8 Å². The molecule has 0 amide bonds. The quantitative estimate of drug-likeness (QED) is 0.572. The summed E-state index contributed by atoms with van der Waals surface area (Å²) < 4.78 is 0. The minimum Gasteiger partial charge on any atom is -0.375 e. The van der Waals surface area contributed by atoms with E-state index in [-0.39, 0.29) is 5.96 Å². The molecule has 0 aliphatic rings. The normalized spacial score (nSPS) is 10.2. The molecule has 1 aromatic carbocycles. The van der Waals surface area contributed by atoms with Gasteiger partial charge in [0.1, 0.15) is 0 Å². The van der Waals surface area contributed by atoms with Crippen molar-refractivity contribution in [1.29, 1.82) is 0 Å². The Labute approximate surface area is 109 Å². The van der Waals surface area contributed by atoms with Gasteiger partial charge in [-0.15, -0.1) is 11.3 Å². The number of hydrogen-bond acceptors (Lipinski definition) is 4. The molecule has 0 aliphatic carbocycles. The first-order valence-electron chi connectivity index (χ1n) is 5.52. The zero-order valence-electron chi connectivity index (χ0n) is 9.84. The van der Waals surface area contributed by atoms with E-state index in [0.29, 0.717) is 5.13 Å². The van der Waals surface area contributed by atoms with Crippen LogP contribution in [0.15, 0.2) is 34.6 Å². The van der Waals surface area contributed by atoms with Crippen LogP contribution in [0.2, 0.25) is 0 Å². The molecule has 6 heteroatoms. The highest BCUT2D eigenvalue weighted by atomic mass is 32.1. The summed E-state index contributed by atoms with van der Waals surface area (Å²) in [7, 11) is 0. The molecule has 0 atom stereocenters. The average molecular weight is 261 g/mol. The van der Waals surface area contributed by atoms with Gasteiger partial charge in [-0.1, -0.05) is 12.1 Å². The van der Waals surface area contributed by atoms with Crippen LogP contribution in [0.1, 0.15) is 11.3 Å². The third-order valence-corrected chi connectivity index (χ3v) is 3.16. The molecule has 2 rings (SSSR count). The molecule has 0 fully saturated rings. The van der Waals surface area contributed by atoms with Gasteiger partial charge in [0.25, 0.3) is 0 Å². The molecular weight excluding hydrogens is 246 g/mol. The molecule has 94 valence electrons. The Kier molecular flexibility index (Phi) is 3.78. The molecule has 6 N–H and O–H groups in total. The SMILES string of the molecule is NC(N)=Nc1ccc(CCc2csc(N)n2)cc1. The molecule has 0 bridgehead atoms. The maximum Gasteiger partial charge on any atom is 0.191 e. The van der Waals surface area contributed by atoms with Crippen molar-refractivity contribution in [1.82, 2.24) is 4.98 Å². The van der Waals surface area contributed by atoms with Crippen molar-refractivity contribution in [2.75, 3.05) is 5.73 Å². The van der Waals surface area contributed by atoms with Gasteiger partial charge < -0.3 is 17.2 Å². The van der Waals surface area contributed by atoms with Crippen LogP contribution in [0.25, 0.3) is 0 Å². The van der Waals surface area contributed by atoms with E-state index in [1.54, 1.807) is 0 Å². The van der Waals surface area contributed by atoms with Crippen molar-refractivity contribution in [3.8, 4) is 0 Å². The van der Waals surface area contributed by atoms with Crippen LogP contribution in [-0.2, 0) is 12.8 Å². The van der Waals surface area contributed by atoms with E-state index in [0.717, 1.165) is 24.2 Å². The summed E-state index contributed by atoms with van der Waals surface area (Å²) in [5, 5.41) is 2.61. The lowest BCUT2D eigenvalue weighted by Gasteiger charge is -2.00. The minimum atomic E-state index is 0.0701. The number of guanidine groups is 1. The Morgan fingerprint density at radius 3 is 2.44 bits per heavy atom. The number of aliphatic imine (C=N–C) groups is 1. The topological polar surface area (TPSA) is 103 Å². The van der Waals surface area contributed by atoms with E-state index >= 15 is 0 Å². The largest absolute Gasteiger partial charge is 0.375 e. The monoisotopic (exact) mass is 261 g/mol. The van der Waals surface area contributed by atoms with Crippen LogP contribution >= 0.6 is 11.3 Å². The van der Waals surface area contributed by atoms with Gasteiger partial charge in [0.2, 0.25) is 0 Å². The van der Waals surface area contributed by atoms with Gasteiger partial charge in [-0.25, -0.2) is 9.98 Å². The maximum atomic E-state index is 5.58. The molecule has 0 saturated heterocycles. The number of nitrogen functional groups attached to an aromatic ring is 1. The Morgan fingerprint density at radius 1 is 1.17 bits per heavy atom. The lowest BCUT2D eigenvalue weighted by atomic mass is 10.1. The van der Waals surface area contributed by atoms with E-state index in [9.17, 15) is 0 Å². The van der Waals surface area contributed by atoms with Crippen molar-refractivity contribution >= 4 is 28.1 Å². The van der Waals surface area contributed by atoms with Gasteiger partial charge in [-0.05, 0) is 30.5 Å². The first-order chi connectivity index (χ1) is 8.63. The van der Waals surface area contributed by atoms with E-state index in [2.05, 4.69) is 9.98 Å². The van der Waals surface area contributed by atoms with Gasteiger partial charge in [-0.3, -0.25) is 0 Å². The predicted octanol–water partition coefficient (Wildman–Crippen LogP) is 1.42. The fourth-order valence-corrected chi connectivity index (χ4v) is 2.19. The van der Waals surface area contributed by atoms with Gasteiger partial charge in [0, 0.05) is 5.38 Å². The summed E-state index contributed by atoms with van der Waals surface area (Å²) in [5.74, 6) is 0.0701. The highest BCUT2D eigenvalue weighted by Crippen LogP contribution is 2.16. The third kappa shape index (κ3) is 3.46. The smallest absolute Gasteiger partial charge is 0.191 e. The zero-order valence-corrected chi connectivity index (χ0v) is 10.7. The third-order valence-electron chi connectivity index (χ3n) is 2.43. The van der Waals surface area contributed by atoms with Crippen molar-refractivity contribution in [3.63, 3.8) is 0 Å². The Morgan fingerprint density at radius 2 is 1.89 bits per heavy atom. The maximum absolute atomic E-state index is 5.58. The molecule has 18 heavy (non-hydrogen) atoms. The fourth-order valence-electron chi connectivity index (χ4n) is 1.60. The number of benzene rings is 1. The number of rotatable bonds is 4. The molecule has 1 heterocycles. The van der Waals surface area contributed by atoms with Crippen LogP contribution in [0.4, 0.5) is 10.8 Å². The van der Waals surface area contributed by atoms with Gasteiger partial charge >= 0.3 is 0 Å².